The number of hydrogen-bond acceptors (Lipinski definition) is 9. The highest BCUT2D eigenvalue weighted by Crippen LogP contribution is 2.66. The molecule has 1 aliphatic rings. The fourth-order valence-corrected chi connectivity index (χ4v) is 5.17. The maximum atomic E-state index is 11.9. The van der Waals surface area contributed by atoms with Crippen LogP contribution >= 0.6 is 23.1 Å². The lowest BCUT2D eigenvalue weighted by atomic mass is 10.3. The Bertz CT molecular complexity index is 1030. The van der Waals surface area contributed by atoms with Gasteiger partial charge in [-0.15, -0.1) is 0 Å². The van der Waals surface area contributed by atoms with Crippen LogP contribution < -0.4 is 11.2 Å². The van der Waals surface area contributed by atoms with E-state index < -0.39 is 53.3 Å². The Balaban J connectivity index is 1.97. The third kappa shape index (κ3) is 6.75. The molecule has 4 atom stereocenters. The summed E-state index contributed by atoms with van der Waals surface area (Å²) in [5.41, 5.74) is -1.05. The topological polar surface area (TPSA) is 204 Å². The molecular weight excluding hydrogens is 444 g/mol. The largest absolute Gasteiger partial charge is 0.485 e. The van der Waals surface area contributed by atoms with Crippen molar-refractivity contribution in [1.82, 2.24) is 9.55 Å². The molecule has 0 aromatic carbocycles. The van der Waals surface area contributed by atoms with E-state index in [-0.39, 0.29) is 5.56 Å². The summed E-state index contributed by atoms with van der Waals surface area (Å²) in [4.78, 5) is 51.3. The number of aromatic amines is 1. The molecule has 0 saturated heterocycles. The van der Waals surface area contributed by atoms with E-state index in [1.165, 1.54) is 25.3 Å². The Morgan fingerprint density at radius 2 is 1.86 bits per heavy atom. The SMILES string of the molecule is [B-][P@@](=O)(OC[C@@H]1C=C[C@H](n2cc(C)c(=O)[nH]c2=O)O1)OP(=O)(O)OP(=O)(O)O. The first kappa shape index (κ1) is 23.2. The number of hydrogen-bond donors (Lipinski definition) is 4. The molecule has 0 bridgehead atoms. The molecule has 2 rings (SSSR count). The van der Waals surface area contributed by atoms with Crippen LogP contribution in [0.4, 0.5) is 0 Å². The molecule has 0 spiro atoms. The second-order valence-electron chi connectivity index (χ2n) is 5.39. The number of H-pyrrole nitrogens is 1. The Morgan fingerprint density at radius 1 is 1.21 bits per heavy atom. The lowest BCUT2D eigenvalue weighted by molar-refractivity contribution is -0.00639. The van der Waals surface area contributed by atoms with Crippen molar-refractivity contribution in [2.24, 2.45) is 0 Å². The highest BCUT2D eigenvalue weighted by atomic mass is 31.3. The maximum absolute atomic E-state index is 11.9. The van der Waals surface area contributed by atoms with Crippen LogP contribution in [0.2, 0.25) is 0 Å². The summed E-state index contributed by atoms with van der Waals surface area (Å²) in [5, 5.41) is 0. The molecule has 155 valence electrons. The molecule has 0 fully saturated rings. The molecule has 0 saturated carbocycles. The first-order valence-electron chi connectivity index (χ1n) is 7.17. The number of nitrogens with one attached hydrogen (secondary N) is 1. The molecule has 4 N–H and O–H groups in total. The first-order valence-corrected chi connectivity index (χ1v) is 11.8. The van der Waals surface area contributed by atoms with Crippen LogP contribution in [0.25, 0.3) is 0 Å². The standard InChI is InChI=1S/C10H14BN2O12P3/c1-6-4-13(10(15)12-9(6)14)8-3-2-7(23-8)5-22-26(11,16)24-28(20,21)25-27(17,18)19/h2-4,7-8H,5H2,1H3,(H,20,21)(H,12,14,15)(H2,17,18,19)/q-1/t7-,8+,26+/m0/s1. The van der Waals surface area contributed by atoms with Gasteiger partial charge < -0.3 is 36.1 Å². The Morgan fingerprint density at radius 3 is 2.46 bits per heavy atom. The molecule has 1 aromatic rings. The van der Waals surface area contributed by atoms with E-state index in [9.17, 15) is 23.3 Å². The molecule has 2 heterocycles. The number of ether oxygens (including phenoxy) is 1. The van der Waals surface area contributed by atoms with Crippen molar-refractivity contribution >= 4 is 30.7 Å². The number of aryl methyl sites for hydroxylation is 1. The van der Waals surface area contributed by atoms with Gasteiger partial charge in [0, 0.05) is 11.8 Å². The van der Waals surface area contributed by atoms with E-state index in [1.807, 2.05) is 0 Å². The van der Waals surface area contributed by atoms with Crippen LogP contribution in [0.1, 0.15) is 11.8 Å². The van der Waals surface area contributed by atoms with E-state index in [0.717, 1.165) is 4.57 Å². The van der Waals surface area contributed by atoms with E-state index in [4.69, 9.17) is 27.0 Å². The molecule has 14 nitrogen and oxygen atoms in total. The summed E-state index contributed by atoms with van der Waals surface area (Å²) in [6, 6.07) is 0. The first-order chi connectivity index (χ1) is 12.7. The second-order valence-corrected chi connectivity index (χ2v) is 9.95. The zero-order valence-corrected chi connectivity index (χ0v) is 16.7. The van der Waals surface area contributed by atoms with Gasteiger partial charge in [0.2, 0.25) is 0 Å². The van der Waals surface area contributed by atoms with Gasteiger partial charge in [0.25, 0.3) is 5.56 Å². The van der Waals surface area contributed by atoms with Crippen molar-refractivity contribution in [2.75, 3.05) is 6.61 Å². The Labute approximate surface area is 157 Å². The molecular formula is C10H14BN2O12P3-. The maximum Gasteiger partial charge on any atom is 0.485 e. The van der Waals surface area contributed by atoms with Crippen LogP contribution in [0.5, 0.6) is 0 Å². The third-order valence-corrected chi connectivity index (χ3v) is 6.99. The Kier molecular flexibility index (Phi) is 6.89. The number of phosphoric acid groups is 2. The molecule has 0 amide bonds. The second kappa shape index (κ2) is 8.33. The van der Waals surface area contributed by atoms with Gasteiger partial charge in [-0.3, -0.25) is 14.3 Å². The number of aromatic nitrogens is 2. The summed E-state index contributed by atoms with van der Waals surface area (Å²) in [7, 11) is -10.6. The van der Waals surface area contributed by atoms with Crippen molar-refractivity contribution in [3.8, 4) is 0 Å². The molecule has 28 heavy (non-hydrogen) atoms. The van der Waals surface area contributed by atoms with Crippen molar-refractivity contribution in [3.05, 3.63) is 44.8 Å². The fourth-order valence-electron chi connectivity index (χ4n) is 2.01. The fraction of sp³-hybridized carbons (Fsp3) is 0.400. The van der Waals surface area contributed by atoms with Crippen LogP contribution in [0, 0.1) is 6.92 Å². The molecule has 1 unspecified atom stereocenters. The van der Waals surface area contributed by atoms with Gasteiger partial charge >= 0.3 is 21.3 Å². The van der Waals surface area contributed by atoms with Crippen molar-refractivity contribution in [1.29, 1.82) is 0 Å². The number of nitrogens with zero attached hydrogens (tertiary/aromatic N) is 1. The van der Waals surface area contributed by atoms with Gasteiger partial charge in [0.05, 0.1) is 14.1 Å². The normalized spacial score (nSPS) is 24.0. The van der Waals surface area contributed by atoms with Crippen LogP contribution in [0.3, 0.4) is 0 Å². The van der Waals surface area contributed by atoms with Crippen molar-refractivity contribution in [3.63, 3.8) is 0 Å². The zero-order chi connectivity index (χ0) is 21.3. The van der Waals surface area contributed by atoms with Crippen LogP contribution in [-0.4, -0.2) is 44.5 Å². The molecule has 3 radical (unpaired) electrons. The van der Waals surface area contributed by atoms with Crippen molar-refractivity contribution in [2.45, 2.75) is 19.3 Å². The van der Waals surface area contributed by atoms with Gasteiger partial charge in [-0.2, -0.15) is 4.31 Å². The van der Waals surface area contributed by atoms with Crippen molar-refractivity contribution < 1.29 is 46.3 Å². The van der Waals surface area contributed by atoms with Gasteiger partial charge in [0.15, 0.2) is 6.23 Å². The van der Waals surface area contributed by atoms with Gasteiger partial charge in [0.1, 0.15) is 6.10 Å². The molecule has 18 heteroatoms. The minimum absolute atomic E-state index is 0.250. The van der Waals surface area contributed by atoms with Gasteiger partial charge in [-0.25, -0.2) is 18.2 Å². The lowest BCUT2D eigenvalue weighted by Crippen LogP contribution is -2.33. The zero-order valence-electron chi connectivity index (χ0n) is 14.0. The molecule has 0 aliphatic carbocycles. The average molecular weight is 458 g/mol. The summed E-state index contributed by atoms with van der Waals surface area (Å²) < 4.78 is 52.3. The van der Waals surface area contributed by atoms with Gasteiger partial charge in [-0.1, -0.05) is 6.08 Å². The minimum atomic E-state index is -5.49. The lowest BCUT2D eigenvalue weighted by Gasteiger charge is -2.28. The smallest absolute Gasteiger partial charge is 0.443 e. The van der Waals surface area contributed by atoms with E-state index in [1.54, 1.807) is 0 Å². The van der Waals surface area contributed by atoms with Crippen LogP contribution in [0.15, 0.2) is 27.9 Å². The highest BCUT2D eigenvalue weighted by molar-refractivity contribution is 7.84. The van der Waals surface area contributed by atoms with Gasteiger partial charge in [-0.05, 0) is 13.0 Å². The van der Waals surface area contributed by atoms with E-state index in [0.29, 0.717) is 0 Å². The van der Waals surface area contributed by atoms with Crippen LogP contribution in [-0.2, 0) is 31.6 Å². The average Bonchev–Trinajstić information content (AvgIpc) is 2.94. The quantitative estimate of drug-likeness (QED) is 0.228. The highest BCUT2D eigenvalue weighted by Gasteiger charge is 2.35. The third-order valence-electron chi connectivity index (χ3n) is 3.07. The van der Waals surface area contributed by atoms with E-state index >= 15 is 0 Å². The molecule has 1 aromatic heterocycles. The predicted molar refractivity (Wildman–Crippen MR) is 92.5 cm³/mol. The molecule has 1 aliphatic heterocycles. The number of rotatable bonds is 8. The summed E-state index contributed by atoms with van der Waals surface area (Å²) >= 11 is 0. The van der Waals surface area contributed by atoms with E-state index in [2.05, 4.69) is 18.1 Å². The predicted octanol–water partition coefficient (Wildman–Crippen LogP) is -0.182. The summed E-state index contributed by atoms with van der Waals surface area (Å²) in [6.07, 6.45) is 2.21. The monoisotopic (exact) mass is 458 g/mol. The summed E-state index contributed by atoms with van der Waals surface area (Å²) in [5.74, 6) is 0. The Hall–Kier alpha value is -1.11. The summed E-state index contributed by atoms with van der Waals surface area (Å²) in [6.45, 7) is 0.900. The minimum Gasteiger partial charge on any atom is -0.443 e.